The highest BCUT2D eigenvalue weighted by Crippen LogP contribution is 2.51. The molecule has 1 aromatic rings. The summed E-state index contributed by atoms with van der Waals surface area (Å²) < 4.78 is 17.9. The first-order chi connectivity index (χ1) is 7.10. The smallest absolute Gasteiger partial charge is 0.314 e. The number of halogens is 1. The summed E-state index contributed by atoms with van der Waals surface area (Å²) in [5, 5.41) is 9.10. The molecule has 0 spiro atoms. The molecule has 0 aromatic heterocycles. The van der Waals surface area contributed by atoms with Crippen molar-refractivity contribution < 1.29 is 19.0 Å². The fourth-order valence-electron chi connectivity index (χ4n) is 1.78. The standard InChI is InChI=1S/C11H11FO3/c1-15-9-6-7(12)2-3-8(9)11(4-5-11)10(13)14/h2-3,6H,4-5H2,1H3,(H,13,14). The normalized spacial score (nSPS) is 17.2. The van der Waals surface area contributed by atoms with E-state index in [2.05, 4.69) is 0 Å². The van der Waals surface area contributed by atoms with Crippen molar-refractivity contribution in [3.63, 3.8) is 0 Å². The van der Waals surface area contributed by atoms with Crippen molar-refractivity contribution in [2.24, 2.45) is 0 Å². The van der Waals surface area contributed by atoms with Gasteiger partial charge in [0, 0.05) is 11.6 Å². The van der Waals surface area contributed by atoms with Crippen LogP contribution in [0.4, 0.5) is 4.39 Å². The predicted molar refractivity (Wildman–Crippen MR) is 51.5 cm³/mol. The molecule has 0 bridgehead atoms. The number of hydrogen-bond acceptors (Lipinski definition) is 2. The number of hydrogen-bond donors (Lipinski definition) is 1. The van der Waals surface area contributed by atoms with Crippen molar-refractivity contribution in [1.29, 1.82) is 0 Å². The molecule has 1 aliphatic rings. The predicted octanol–water partition coefficient (Wildman–Crippen LogP) is 1.95. The molecule has 0 heterocycles. The summed E-state index contributed by atoms with van der Waals surface area (Å²) in [5.41, 5.74) is -0.280. The molecule has 0 atom stereocenters. The molecule has 4 heteroatoms. The van der Waals surface area contributed by atoms with Crippen LogP contribution in [0.15, 0.2) is 18.2 Å². The quantitative estimate of drug-likeness (QED) is 0.829. The summed E-state index contributed by atoms with van der Waals surface area (Å²) in [5.74, 6) is -0.973. The van der Waals surface area contributed by atoms with Crippen molar-refractivity contribution in [3.8, 4) is 5.75 Å². The second-order valence-electron chi connectivity index (χ2n) is 3.73. The first-order valence-corrected chi connectivity index (χ1v) is 4.67. The number of carboxylic acid groups (broad SMARTS) is 1. The average molecular weight is 210 g/mol. The molecule has 80 valence electrons. The van der Waals surface area contributed by atoms with Gasteiger partial charge in [-0.3, -0.25) is 4.79 Å². The molecule has 1 fully saturated rings. The minimum Gasteiger partial charge on any atom is -0.496 e. The Morgan fingerprint density at radius 1 is 1.53 bits per heavy atom. The highest BCUT2D eigenvalue weighted by Gasteiger charge is 2.53. The maximum Gasteiger partial charge on any atom is 0.314 e. The van der Waals surface area contributed by atoms with E-state index in [1.807, 2.05) is 0 Å². The van der Waals surface area contributed by atoms with Crippen LogP contribution in [0.2, 0.25) is 0 Å². The summed E-state index contributed by atoms with van der Waals surface area (Å²) in [4.78, 5) is 11.1. The van der Waals surface area contributed by atoms with E-state index >= 15 is 0 Å². The molecular formula is C11H11FO3. The monoisotopic (exact) mass is 210 g/mol. The minimum atomic E-state index is -0.868. The van der Waals surface area contributed by atoms with Gasteiger partial charge >= 0.3 is 5.97 Å². The Morgan fingerprint density at radius 3 is 2.67 bits per heavy atom. The van der Waals surface area contributed by atoms with Gasteiger partial charge in [0.05, 0.1) is 12.5 Å². The van der Waals surface area contributed by atoms with Gasteiger partial charge in [0.25, 0.3) is 0 Å². The van der Waals surface area contributed by atoms with E-state index in [-0.39, 0.29) is 0 Å². The lowest BCUT2D eigenvalue weighted by molar-refractivity contribution is -0.140. The molecule has 0 saturated heterocycles. The van der Waals surface area contributed by atoms with Gasteiger partial charge in [-0.1, -0.05) is 6.07 Å². The van der Waals surface area contributed by atoms with Crippen LogP contribution in [0.1, 0.15) is 18.4 Å². The molecule has 1 N–H and O–H groups in total. The number of methoxy groups -OCH3 is 1. The Morgan fingerprint density at radius 2 is 2.20 bits per heavy atom. The lowest BCUT2D eigenvalue weighted by atomic mass is 9.95. The van der Waals surface area contributed by atoms with Crippen LogP contribution in [-0.2, 0) is 10.2 Å². The maximum atomic E-state index is 12.9. The van der Waals surface area contributed by atoms with Gasteiger partial charge < -0.3 is 9.84 Å². The zero-order valence-corrected chi connectivity index (χ0v) is 8.29. The number of aliphatic carboxylic acids is 1. The molecule has 1 aromatic carbocycles. The van der Waals surface area contributed by atoms with Crippen molar-refractivity contribution in [3.05, 3.63) is 29.6 Å². The number of ether oxygens (including phenoxy) is 1. The van der Waals surface area contributed by atoms with Crippen LogP contribution >= 0.6 is 0 Å². The van der Waals surface area contributed by atoms with Crippen molar-refractivity contribution in [2.45, 2.75) is 18.3 Å². The molecule has 0 aliphatic heterocycles. The Kier molecular flexibility index (Phi) is 2.14. The van der Waals surface area contributed by atoms with Gasteiger partial charge in [-0.25, -0.2) is 4.39 Å². The molecule has 2 rings (SSSR count). The molecule has 3 nitrogen and oxygen atoms in total. The lowest BCUT2D eigenvalue weighted by Gasteiger charge is -2.14. The van der Waals surface area contributed by atoms with E-state index in [1.165, 1.54) is 25.3 Å². The van der Waals surface area contributed by atoms with Crippen molar-refractivity contribution in [1.82, 2.24) is 0 Å². The third-order valence-corrected chi connectivity index (χ3v) is 2.84. The van der Waals surface area contributed by atoms with E-state index in [4.69, 9.17) is 9.84 Å². The first kappa shape index (κ1) is 9.96. The molecule has 0 unspecified atom stereocenters. The van der Waals surface area contributed by atoms with E-state index in [0.717, 1.165) is 0 Å². The van der Waals surface area contributed by atoms with Crippen LogP contribution in [0.3, 0.4) is 0 Å². The summed E-state index contributed by atoms with van der Waals surface area (Å²) >= 11 is 0. The van der Waals surface area contributed by atoms with Crippen LogP contribution in [0.25, 0.3) is 0 Å². The van der Waals surface area contributed by atoms with Gasteiger partial charge in [0.2, 0.25) is 0 Å². The van der Waals surface area contributed by atoms with Crippen molar-refractivity contribution >= 4 is 5.97 Å². The first-order valence-electron chi connectivity index (χ1n) is 4.67. The summed E-state index contributed by atoms with van der Waals surface area (Å²) in [6.07, 6.45) is 1.18. The van der Waals surface area contributed by atoms with Gasteiger partial charge in [-0.05, 0) is 18.9 Å². The summed E-state index contributed by atoms with van der Waals surface area (Å²) in [6.45, 7) is 0. The number of benzene rings is 1. The van der Waals surface area contributed by atoms with Crippen LogP contribution < -0.4 is 4.74 Å². The van der Waals surface area contributed by atoms with Crippen molar-refractivity contribution in [2.75, 3.05) is 7.11 Å². The fraction of sp³-hybridized carbons (Fsp3) is 0.364. The maximum absolute atomic E-state index is 12.9. The van der Waals surface area contributed by atoms with Gasteiger partial charge in [0.15, 0.2) is 0 Å². The largest absolute Gasteiger partial charge is 0.496 e. The van der Waals surface area contributed by atoms with Crippen LogP contribution in [0.5, 0.6) is 5.75 Å². The highest BCUT2D eigenvalue weighted by molar-refractivity contribution is 5.86. The third-order valence-electron chi connectivity index (χ3n) is 2.84. The van der Waals surface area contributed by atoms with Gasteiger partial charge in [-0.15, -0.1) is 0 Å². The molecule has 1 saturated carbocycles. The summed E-state index contributed by atoms with van der Waals surface area (Å²) in [6, 6.07) is 3.98. The Labute approximate surface area is 86.5 Å². The number of rotatable bonds is 3. The second-order valence-corrected chi connectivity index (χ2v) is 3.73. The number of carbonyl (C=O) groups is 1. The lowest BCUT2D eigenvalue weighted by Crippen LogP contribution is -2.20. The van der Waals surface area contributed by atoms with Gasteiger partial charge in [0.1, 0.15) is 11.6 Å². The van der Waals surface area contributed by atoms with E-state index in [9.17, 15) is 9.18 Å². The number of carboxylic acids is 1. The second kappa shape index (κ2) is 3.22. The topological polar surface area (TPSA) is 46.5 Å². The van der Waals surface area contributed by atoms with E-state index < -0.39 is 17.2 Å². The van der Waals surface area contributed by atoms with E-state index in [1.54, 1.807) is 0 Å². The Balaban J connectivity index is 2.48. The SMILES string of the molecule is COc1cc(F)ccc1C1(C(=O)O)CC1. The zero-order chi connectivity index (χ0) is 11.1. The molecule has 15 heavy (non-hydrogen) atoms. The van der Waals surface area contributed by atoms with Crippen LogP contribution in [0, 0.1) is 5.82 Å². The molecular weight excluding hydrogens is 199 g/mol. The molecule has 0 amide bonds. The van der Waals surface area contributed by atoms with Crippen LogP contribution in [-0.4, -0.2) is 18.2 Å². The Bertz CT molecular complexity index is 410. The summed E-state index contributed by atoms with van der Waals surface area (Å²) in [7, 11) is 1.41. The zero-order valence-electron chi connectivity index (χ0n) is 8.29. The third kappa shape index (κ3) is 1.46. The fourth-order valence-corrected chi connectivity index (χ4v) is 1.78. The van der Waals surface area contributed by atoms with E-state index in [0.29, 0.717) is 24.2 Å². The molecule has 0 radical (unpaired) electrons. The minimum absolute atomic E-state index is 0.315. The van der Waals surface area contributed by atoms with Gasteiger partial charge in [-0.2, -0.15) is 0 Å². The molecule has 1 aliphatic carbocycles. The highest BCUT2D eigenvalue weighted by atomic mass is 19.1. The Hall–Kier alpha value is -1.58. The average Bonchev–Trinajstić information content (AvgIpc) is 2.98.